The Balaban J connectivity index is 2.24. The molecule has 3 aromatic heterocycles. The molecule has 16 heteroatoms. The van der Waals surface area contributed by atoms with E-state index in [1.807, 2.05) is 0 Å². The van der Waals surface area contributed by atoms with E-state index in [1.165, 1.54) is 25.1 Å². The number of aliphatic imine (C=N–C) groups is 1. The highest BCUT2D eigenvalue weighted by molar-refractivity contribution is 6.29. The van der Waals surface area contributed by atoms with Gasteiger partial charge in [-0.05, 0) is 19.1 Å². The molecule has 188 valence electrons. The van der Waals surface area contributed by atoms with Gasteiger partial charge in [0.2, 0.25) is 5.78 Å². The maximum Gasteiger partial charge on any atom is 0.455 e. The minimum atomic E-state index is -5.94. The second kappa shape index (κ2) is 8.94. The molecule has 0 bridgehead atoms. The fraction of sp³-hybridized carbons (Fsp3) is 0.263. The van der Waals surface area contributed by atoms with Crippen LogP contribution in [-0.4, -0.2) is 43.8 Å². The molecule has 0 fully saturated rings. The van der Waals surface area contributed by atoms with Crippen molar-refractivity contribution in [1.82, 2.24) is 18.9 Å². The first-order valence-corrected chi connectivity index (χ1v) is 9.67. The first-order chi connectivity index (χ1) is 16.1. The molecule has 2 N–H and O–H groups in total. The van der Waals surface area contributed by atoms with Crippen molar-refractivity contribution in [1.29, 1.82) is 0 Å². The Morgan fingerprint density at radius 3 is 2.34 bits per heavy atom. The number of fused-ring (bicyclic) bond motifs is 1. The van der Waals surface area contributed by atoms with Crippen molar-refractivity contribution in [2.45, 2.75) is 25.2 Å². The summed E-state index contributed by atoms with van der Waals surface area (Å²) in [5.41, 5.74) is 0.313. The molecule has 0 unspecified atom stereocenters. The third kappa shape index (κ3) is 4.99. The molecule has 3 heterocycles. The smallest absolute Gasteiger partial charge is 0.404 e. The SMILES string of the molecule is Cc1cn2c(=O)c(C(C=NCC(F)(F)C(F)(F)F)=CN)c(C(F)(F)F)nc2n1-c1cccc(Cl)n1. The maximum absolute atomic E-state index is 13.9. The van der Waals surface area contributed by atoms with Crippen LogP contribution in [0, 0.1) is 6.92 Å². The molecule has 0 atom stereocenters. The molecule has 3 rings (SSSR count). The number of hydrogen-bond acceptors (Lipinski definition) is 5. The van der Waals surface area contributed by atoms with Crippen LogP contribution < -0.4 is 11.3 Å². The average molecular weight is 529 g/mol. The predicted octanol–water partition coefficient (Wildman–Crippen LogP) is 4.43. The zero-order valence-electron chi connectivity index (χ0n) is 17.3. The number of imidazole rings is 1. The lowest BCUT2D eigenvalue weighted by atomic mass is 10.1. The largest absolute Gasteiger partial charge is 0.455 e. The second-order valence-corrected chi connectivity index (χ2v) is 7.41. The highest BCUT2D eigenvalue weighted by atomic mass is 35.5. The molecule has 0 aromatic carbocycles. The third-order valence-corrected chi connectivity index (χ3v) is 4.78. The zero-order valence-corrected chi connectivity index (χ0v) is 18.1. The van der Waals surface area contributed by atoms with E-state index in [2.05, 4.69) is 15.0 Å². The van der Waals surface area contributed by atoms with Gasteiger partial charge in [0, 0.05) is 29.9 Å². The molecule has 0 spiro atoms. The average Bonchev–Trinajstić information content (AvgIpc) is 3.06. The van der Waals surface area contributed by atoms with E-state index in [-0.39, 0.29) is 22.9 Å². The van der Waals surface area contributed by atoms with Gasteiger partial charge in [-0.15, -0.1) is 0 Å². The van der Waals surface area contributed by atoms with Crippen LogP contribution >= 0.6 is 11.6 Å². The number of pyridine rings is 1. The van der Waals surface area contributed by atoms with Crippen LogP contribution in [0.2, 0.25) is 5.15 Å². The lowest BCUT2D eigenvalue weighted by molar-refractivity contribution is -0.276. The molecule has 0 aliphatic rings. The van der Waals surface area contributed by atoms with Crippen molar-refractivity contribution in [3.8, 4) is 5.82 Å². The molecule has 0 aliphatic carbocycles. The van der Waals surface area contributed by atoms with Crippen molar-refractivity contribution in [2.75, 3.05) is 6.54 Å². The number of aromatic nitrogens is 4. The summed E-state index contributed by atoms with van der Waals surface area (Å²) in [6, 6.07) is 4.26. The molecule has 7 nitrogen and oxygen atoms in total. The first-order valence-electron chi connectivity index (χ1n) is 9.30. The van der Waals surface area contributed by atoms with Crippen LogP contribution in [0.25, 0.3) is 17.2 Å². The van der Waals surface area contributed by atoms with Gasteiger partial charge in [-0.2, -0.15) is 35.1 Å². The van der Waals surface area contributed by atoms with Crippen molar-refractivity contribution < 1.29 is 35.1 Å². The van der Waals surface area contributed by atoms with Crippen molar-refractivity contribution in [3.05, 3.63) is 63.1 Å². The number of halogens is 9. The van der Waals surface area contributed by atoms with Crippen molar-refractivity contribution in [2.24, 2.45) is 10.7 Å². The summed E-state index contributed by atoms with van der Waals surface area (Å²) >= 11 is 5.84. The lowest BCUT2D eigenvalue weighted by Crippen LogP contribution is -2.39. The third-order valence-electron chi connectivity index (χ3n) is 4.57. The summed E-state index contributed by atoms with van der Waals surface area (Å²) in [6.45, 7) is -0.702. The van der Waals surface area contributed by atoms with Gasteiger partial charge in [0.1, 0.15) is 17.5 Å². The maximum atomic E-state index is 13.9. The zero-order chi connectivity index (χ0) is 26.3. The Morgan fingerprint density at radius 2 is 1.80 bits per heavy atom. The van der Waals surface area contributed by atoms with Gasteiger partial charge in [-0.3, -0.25) is 18.8 Å². The van der Waals surface area contributed by atoms with Gasteiger partial charge in [0.25, 0.3) is 5.56 Å². The number of aryl methyl sites for hydroxylation is 1. The van der Waals surface area contributed by atoms with Crippen molar-refractivity contribution >= 4 is 29.2 Å². The summed E-state index contributed by atoms with van der Waals surface area (Å²) in [4.78, 5) is 23.4. The van der Waals surface area contributed by atoms with Crippen LogP contribution in [-0.2, 0) is 6.18 Å². The monoisotopic (exact) mass is 528 g/mol. The molecule has 3 aromatic rings. The van der Waals surface area contributed by atoms with E-state index >= 15 is 0 Å². The summed E-state index contributed by atoms with van der Waals surface area (Å²) in [6.07, 6.45) is -9.44. The molecule has 35 heavy (non-hydrogen) atoms. The Labute approximate surface area is 195 Å². The van der Waals surface area contributed by atoms with E-state index in [4.69, 9.17) is 17.3 Å². The predicted molar refractivity (Wildman–Crippen MR) is 110 cm³/mol. The van der Waals surface area contributed by atoms with Crippen LogP contribution in [0.15, 0.2) is 40.4 Å². The number of allylic oxidation sites excluding steroid dienone is 1. The highest BCUT2D eigenvalue weighted by Gasteiger charge is 2.57. The van der Waals surface area contributed by atoms with Gasteiger partial charge in [0.15, 0.2) is 5.69 Å². The Morgan fingerprint density at radius 1 is 1.14 bits per heavy atom. The summed E-state index contributed by atoms with van der Waals surface area (Å²) < 4.78 is 107. The normalized spacial score (nSPS) is 13.8. The quantitative estimate of drug-likeness (QED) is 0.301. The molecular formula is C19H13ClF8N6O. The topological polar surface area (TPSA) is 90.6 Å². The summed E-state index contributed by atoms with van der Waals surface area (Å²) in [5, 5.41) is 0.00369. The Kier molecular flexibility index (Phi) is 6.67. The van der Waals surface area contributed by atoms with Crippen LogP contribution in [0.1, 0.15) is 17.0 Å². The molecule has 0 saturated carbocycles. The number of alkyl halides is 8. The van der Waals surface area contributed by atoms with Gasteiger partial charge in [-0.25, -0.2) is 9.97 Å². The number of nitrogens with zero attached hydrogens (tertiary/aromatic N) is 5. The van der Waals surface area contributed by atoms with Gasteiger partial charge in [-0.1, -0.05) is 17.7 Å². The Bertz CT molecular complexity index is 1390. The Hall–Kier alpha value is -3.49. The minimum Gasteiger partial charge on any atom is -0.404 e. The van der Waals surface area contributed by atoms with Gasteiger partial charge >= 0.3 is 18.3 Å². The van der Waals surface area contributed by atoms with E-state index in [0.717, 1.165) is 10.8 Å². The molecular weight excluding hydrogens is 516 g/mol. The molecule has 0 saturated heterocycles. The van der Waals surface area contributed by atoms with E-state index < -0.39 is 53.0 Å². The fourth-order valence-electron chi connectivity index (χ4n) is 3.01. The number of hydrogen-bond donors (Lipinski definition) is 1. The first kappa shape index (κ1) is 26.1. The van der Waals surface area contributed by atoms with Crippen LogP contribution in [0.4, 0.5) is 35.1 Å². The summed E-state index contributed by atoms with van der Waals surface area (Å²) in [7, 11) is 0. The lowest BCUT2D eigenvalue weighted by Gasteiger charge is -2.17. The highest BCUT2D eigenvalue weighted by Crippen LogP contribution is 2.36. The molecule has 0 aliphatic heterocycles. The van der Waals surface area contributed by atoms with E-state index in [1.54, 1.807) is 0 Å². The van der Waals surface area contributed by atoms with E-state index in [0.29, 0.717) is 10.6 Å². The fourth-order valence-corrected chi connectivity index (χ4v) is 3.17. The number of nitrogens with two attached hydrogens (primary N) is 1. The van der Waals surface area contributed by atoms with Crippen LogP contribution in [0.5, 0.6) is 0 Å². The van der Waals surface area contributed by atoms with E-state index in [9.17, 15) is 39.9 Å². The molecule has 0 amide bonds. The standard InChI is InChI=1S/C19H13ClF8N6O/c1-9-7-33-15(35)13(10(5-29)6-30-8-17(21,22)19(26,27)28)14(18(23,24)25)32-16(33)34(9)12-4-2-3-11(20)31-12/h2-7H,8,29H2,1H3. The number of rotatable bonds is 5. The van der Waals surface area contributed by atoms with Crippen LogP contribution in [0.3, 0.4) is 0 Å². The van der Waals surface area contributed by atoms with Crippen molar-refractivity contribution in [3.63, 3.8) is 0 Å². The van der Waals surface area contributed by atoms with Gasteiger partial charge < -0.3 is 5.73 Å². The minimum absolute atomic E-state index is 0.00369. The van der Waals surface area contributed by atoms with Gasteiger partial charge in [0.05, 0.1) is 5.56 Å². The molecule has 0 radical (unpaired) electrons. The summed E-state index contributed by atoms with van der Waals surface area (Å²) in [5.74, 6) is -5.74. The second-order valence-electron chi connectivity index (χ2n) is 7.03.